The van der Waals surface area contributed by atoms with Crippen LogP contribution < -0.4 is 19.9 Å². The van der Waals surface area contributed by atoms with E-state index in [2.05, 4.69) is 0 Å². The Morgan fingerprint density at radius 1 is 1.00 bits per heavy atom. The van der Waals surface area contributed by atoms with Gasteiger partial charge in [-0.2, -0.15) is 0 Å². The molecule has 0 bridgehead atoms. The molecule has 0 atom stereocenters. The first-order valence-corrected chi connectivity index (χ1v) is 13.1. The van der Waals surface area contributed by atoms with E-state index in [1.165, 1.54) is 11.8 Å². The molecule has 0 saturated carbocycles. The Balaban J connectivity index is 1.60. The van der Waals surface area contributed by atoms with Crippen molar-refractivity contribution in [3.05, 3.63) is 88.2 Å². The SMILES string of the molecule is CCN(C(=O)CSc1nc2ccccc2c(=O)n1CCc1ccc(OC)c(OC)c1)c1cccc(C)c1. The number of aryl methyl sites for hydroxylation is 2. The van der Waals surface area contributed by atoms with Crippen LogP contribution in [0.1, 0.15) is 18.1 Å². The van der Waals surface area contributed by atoms with Crippen molar-refractivity contribution in [2.45, 2.75) is 32.0 Å². The number of rotatable bonds is 10. The number of thioether (sulfide) groups is 1. The second-order valence-corrected chi connectivity index (χ2v) is 9.52. The number of amides is 1. The predicted molar refractivity (Wildman–Crippen MR) is 149 cm³/mol. The first-order chi connectivity index (χ1) is 17.9. The molecule has 1 aromatic heterocycles. The summed E-state index contributed by atoms with van der Waals surface area (Å²) >= 11 is 1.29. The molecule has 0 N–H and O–H groups in total. The highest BCUT2D eigenvalue weighted by molar-refractivity contribution is 7.99. The van der Waals surface area contributed by atoms with Gasteiger partial charge in [0.05, 0.1) is 30.9 Å². The van der Waals surface area contributed by atoms with E-state index < -0.39 is 0 Å². The molecule has 3 aromatic carbocycles. The maximum absolute atomic E-state index is 13.5. The number of methoxy groups -OCH3 is 2. The van der Waals surface area contributed by atoms with E-state index in [9.17, 15) is 9.59 Å². The Morgan fingerprint density at radius 2 is 1.78 bits per heavy atom. The highest BCUT2D eigenvalue weighted by Gasteiger charge is 2.18. The van der Waals surface area contributed by atoms with E-state index in [4.69, 9.17) is 14.5 Å². The fourth-order valence-electron chi connectivity index (χ4n) is 4.24. The molecule has 37 heavy (non-hydrogen) atoms. The molecule has 8 heteroatoms. The van der Waals surface area contributed by atoms with Crippen LogP contribution in [0, 0.1) is 6.92 Å². The van der Waals surface area contributed by atoms with E-state index in [0.29, 0.717) is 47.1 Å². The Hall–Kier alpha value is -3.78. The topological polar surface area (TPSA) is 73.7 Å². The second-order valence-electron chi connectivity index (χ2n) is 8.57. The highest BCUT2D eigenvalue weighted by atomic mass is 32.2. The van der Waals surface area contributed by atoms with Gasteiger partial charge >= 0.3 is 0 Å². The lowest BCUT2D eigenvalue weighted by Crippen LogP contribution is -2.32. The number of hydrogen-bond donors (Lipinski definition) is 0. The Labute approximate surface area is 221 Å². The molecule has 192 valence electrons. The maximum atomic E-state index is 13.5. The first kappa shape index (κ1) is 26.3. The molecule has 0 aliphatic heterocycles. The van der Waals surface area contributed by atoms with Crippen molar-refractivity contribution >= 4 is 34.3 Å². The molecular formula is C29H31N3O4S. The number of benzene rings is 3. The number of anilines is 1. The van der Waals surface area contributed by atoms with E-state index >= 15 is 0 Å². The minimum Gasteiger partial charge on any atom is -0.493 e. The summed E-state index contributed by atoms with van der Waals surface area (Å²) in [5.41, 5.74) is 3.46. The van der Waals surface area contributed by atoms with Crippen LogP contribution in [0.2, 0.25) is 0 Å². The van der Waals surface area contributed by atoms with Crippen LogP contribution in [-0.4, -0.2) is 42.0 Å². The zero-order valence-electron chi connectivity index (χ0n) is 21.6. The number of fused-ring (bicyclic) bond motifs is 1. The summed E-state index contributed by atoms with van der Waals surface area (Å²) in [6, 6.07) is 20.9. The molecule has 0 radical (unpaired) electrons. The fraction of sp³-hybridized carbons (Fsp3) is 0.276. The number of ether oxygens (including phenoxy) is 2. The third kappa shape index (κ3) is 5.97. The highest BCUT2D eigenvalue weighted by Crippen LogP contribution is 2.28. The molecule has 7 nitrogen and oxygen atoms in total. The van der Waals surface area contributed by atoms with Crippen LogP contribution in [0.3, 0.4) is 0 Å². The van der Waals surface area contributed by atoms with Crippen molar-refractivity contribution in [3.63, 3.8) is 0 Å². The van der Waals surface area contributed by atoms with Crippen LogP contribution in [0.15, 0.2) is 76.7 Å². The zero-order chi connectivity index (χ0) is 26.4. The maximum Gasteiger partial charge on any atom is 0.262 e. The van der Waals surface area contributed by atoms with E-state index in [-0.39, 0.29) is 17.2 Å². The predicted octanol–water partition coefficient (Wildman–Crippen LogP) is 5.11. The van der Waals surface area contributed by atoms with E-state index in [1.807, 2.05) is 74.5 Å². The third-order valence-electron chi connectivity index (χ3n) is 6.15. The summed E-state index contributed by atoms with van der Waals surface area (Å²) in [4.78, 5) is 33.2. The minimum atomic E-state index is -0.118. The molecule has 0 aliphatic rings. The largest absolute Gasteiger partial charge is 0.493 e. The first-order valence-electron chi connectivity index (χ1n) is 12.2. The molecule has 0 fully saturated rings. The average Bonchev–Trinajstić information content (AvgIpc) is 2.91. The summed E-state index contributed by atoms with van der Waals surface area (Å²) in [7, 11) is 3.20. The lowest BCUT2D eigenvalue weighted by Gasteiger charge is -2.21. The van der Waals surface area contributed by atoms with Gasteiger partial charge in [0.25, 0.3) is 5.56 Å². The lowest BCUT2D eigenvalue weighted by molar-refractivity contribution is -0.116. The van der Waals surface area contributed by atoms with Crippen molar-refractivity contribution in [1.82, 2.24) is 9.55 Å². The van der Waals surface area contributed by atoms with Crippen molar-refractivity contribution in [3.8, 4) is 11.5 Å². The average molecular weight is 518 g/mol. The Kier molecular flexibility index (Phi) is 8.50. The summed E-state index contributed by atoms with van der Waals surface area (Å²) in [6.45, 7) is 4.93. The molecule has 1 heterocycles. The Bertz CT molecular complexity index is 1470. The number of carbonyl (C=O) groups is 1. The van der Waals surface area contributed by atoms with Crippen LogP contribution in [-0.2, 0) is 17.8 Å². The number of carbonyl (C=O) groups excluding carboxylic acids is 1. The van der Waals surface area contributed by atoms with Gasteiger partial charge in [0, 0.05) is 18.8 Å². The van der Waals surface area contributed by atoms with Crippen LogP contribution in [0.5, 0.6) is 11.5 Å². The summed E-state index contributed by atoms with van der Waals surface area (Å²) in [6.07, 6.45) is 0.589. The normalized spacial score (nSPS) is 10.9. The summed E-state index contributed by atoms with van der Waals surface area (Å²) < 4.78 is 12.4. The van der Waals surface area contributed by atoms with Crippen molar-refractivity contribution in [1.29, 1.82) is 0 Å². The number of aromatic nitrogens is 2. The summed E-state index contributed by atoms with van der Waals surface area (Å²) in [5.74, 6) is 1.43. The third-order valence-corrected chi connectivity index (χ3v) is 7.12. The van der Waals surface area contributed by atoms with E-state index in [1.54, 1.807) is 29.8 Å². The van der Waals surface area contributed by atoms with Crippen LogP contribution in [0.4, 0.5) is 5.69 Å². The van der Waals surface area contributed by atoms with E-state index in [0.717, 1.165) is 16.8 Å². The summed E-state index contributed by atoms with van der Waals surface area (Å²) in [5, 5.41) is 1.08. The molecule has 0 aliphatic carbocycles. The second kappa shape index (κ2) is 12.0. The molecule has 0 spiro atoms. The van der Waals surface area contributed by atoms with Gasteiger partial charge in [-0.1, -0.05) is 42.1 Å². The number of para-hydroxylation sites is 1. The monoisotopic (exact) mass is 517 g/mol. The van der Waals surface area contributed by atoms with Gasteiger partial charge in [0.1, 0.15) is 0 Å². The van der Waals surface area contributed by atoms with Gasteiger partial charge in [-0.05, 0) is 67.8 Å². The molecule has 4 aromatic rings. The van der Waals surface area contributed by atoms with Crippen molar-refractivity contribution in [2.75, 3.05) is 31.4 Å². The fourth-order valence-corrected chi connectivity index (χ4v) is 5.14. The molecule has 0 unspecified atom stereocenters. The smallest absolute Gasteiger partial charge is 0.262 e. The van der Waals surface area contributed by atoms with Crippen LogP contribution in [0.25, 0.3) is 10.9 Å². The van der Waals surface area contributed by atoms with Gasteiger partial charge in [-0.25, -0.2) is 4.98 Å². The van der Waals surface area contributed by atoms with Gasteiger partial charge in [-0.15, -0.1) is 0 Å². The van der Waals surface area contributed by atoms with Gasteiger partial charge in [-0.3, -0.25) is 14.2 Å². The quantitative estimate of drug-likeness (QED) is 0.215. The van der Waals surface area contributed by atoms with Crippen molar-refractivity contribution < 1.29 is 14.3 Å². The van der Waals surface area contributed by atoms with Gasteiger partial charge in [0.15, 0.2) is 16.7 Å². The number of nitrogens with zero attached hydrogens (tertiary/aromatic N) is 3. The lowest BCUT2D eigenvalue weighted by atomic mass is 10.1. The van der Waals surface area contributed by atoms with Crippen LogP contribution >= 0.6 is 11.8 Å². The van der Waals surface area contributed by atoms with Gasteiger partial charge < -0.3 is 14.4 Å². The standard InChI is InChI=1S/C29H31N3O4S/c1-5-31(22-10-8-9-20(2)17-22)27(33)19-37-29-30-24-12-7-6-11-23(24)28(34)32(29)16-15-21-13-14-25(35-3)26(18-21)36-4/h6-14,17-18H,5,15-16,19H2,1-4H3. The zero-order valence-corrected chi connectivity index (χ0v) is 22.4. The number of hydrogen-bond acceptors (Lipinski definition) is 6. The van der Waals surface area contributed by atoms with Crippen molar-refractivity contribution in [2.24, 2.45) is 0 Å². The molecule has 1 amide bonds. The molecular weight excluding hydrogens is 486 g/mol. The molecule has 4 rings (SSSR count). The minimum absolute atomic E-state index is 0.0352. The molecule has 0 saturated heterocycles. The Morgan fingerprint density at radius 3 is 2.51 bits per heavy atom. The van der Waals surface area contributed by atoms with Gasteiger partial charge in [0.2, 0.25) is 5.91 Å².